The predicted molar refractivity (Wildman–Crippen MR) is 86.6 cm³/mol. The van der Waals surface area contributed by atoms with Gasteiger partial charge >= 0.3 is 0 Å². The molecular weight excluding hydrogens is 274 g/mol. The number of hydrogen-bond acceptors (Lipinski definition) is 4. The van der Waals surface area contributed by atoms with Gasteiger partial charge in [-0.3, -0.25) is 14.8 Å². The van der Waals surface area contributed by atoms with Gasteiger partial charge in [-0.05, 0) is 43.7 Å². The third-order valence-corrected chi connectivity index (χ3v) is 5.73. The van der Waals surface area contributed by atoms with E-state index in [1.54, 1.807) is 0 Å². The highest BCUT2D eigenvalue weighted by Crippen LogP contribution is 2.33. The first kappa shape index (κ1) is 14.6. The van der Waals surface area contributed by atoms with E-state index in [0.717, 1.165) is 37.8 Å². The fourth-order valence-corrected chi connectivity index (χ4v) is 4.55. The third kappa shape index (κ3) is 3.05. The molecule has 1 aromatic rings. The van der Waals surface area contributed by atoms with Crippen molar-refractivity contribution in [3.05, 3.63) is 30.1 Å². The van der Waals surface area contributed by atoms with Gasteiger partial charge in [0.1, 0.15) is 0 Å². The number of fused-ring (bicyclic) bond motifs is 1. The Kier molecular flexibility index (Phi) is 4.42. The summed E-state index contributed by atoms with van der Waals surface area (Å²) >= 11 is 0. The highest BCUT2D eigenvalue weighted by atomic mass is 16.5. The summed E-state index contributed by atoms with van der Waals surface area (Å²) in [4.78, 5) is 9.94. The maximum atomic E-state index is 5.50. The molecule has 3 saturated heterocycles. The molecule has 3 aliphatic heterocycles. The van der Waals surface area contributed by atoms with E-state index in [2.05, 4.69) is 26.9 Å². The molecule has 0 amide bonds. The maximum absolute atomic E-state index is 5.50. The lowest BCUT2D eigenvalue weighted by Crippen LogP contribution is -2.39. The van der Waals surface area contributed by atoms with Crippen LogP contribution >= 0.6 is 0 Å². The van der Waals surface area contributed by atoms with E-state index < -0.39 is 0 Å². The van der Waals surface area contributed by atoms with Crippen LogP contribution in [0.2, 0.25) is 0 Å². The summed E-state index contributed by atoms with van der Waals surface area (Å²) in [5.41, 5.74) is 1.21. The fraction of sp³-hybridized carbons (Fsp3) is 0.722. The van der Waals surface area contributed by atoms with Gasteiger partial charge in [0.2, 0.25) is 0 Å². The van der Waals surface area contributed by atoms with Crippen molar-refractivity contribution in [2.45, 2.75) is 44.3 Å². The number of nitrogens with zero attached hydrogens (tertiary/aromatic N) is 3. The first-order valence-corrected chi connectivity index (χ1v) is 8.86. The highest BCUT2D eigenvalue weighted by Gasteiger charge is 2.42. The molecule has 3 aliphatic rings. The van der Waals surface area contributed by atoms with Gasteiger partial charge in [0.25, 0.3) is 0 Å². The summed E-state index contributed by atoms with van der Waals surface area (Å²) < 4.78 is 5.50. The average Bonchev–Trinajstić information content (AvgIpc) is 3.14. The van der Waals surface area contributed by atoms with Gasteiger partial charge in [-0.15, -0.1) is 0 Å². The lowest BCUT2D eigenvalue weighted by molar-refractivity contribution is 0.0504. The fourth-order valence-electron chi connectivity index (χ4n) is 4.55. The quantitative estimate of drug-likeness (QED) is 0.852. The highest BCUT2D eigenvalue weighted by molar-refractivity contribution is 5.06. The topological polar surface area (TPSA) is 28.6 Å². The molecule has 0 N–H and O–H groups in total. The molecule has 0 aliphatic carbocycles. The van der Waals surface area contributed by atoms with E-state index in [1.165, 1.54) is 51.0 Å². The van der Waals surface area contributed by atoms with Gasteiger partial charge in [-0.25, -0.2) is 0 Å². The minimum absolute atomic E-state index is 0.752. The smallest absolute Gasteiger partial charge is 0.0544 e. The molecule has 4 heteroatoms. The molecule has 4 heterocycles. The summed E-state index contributed by atoms with van der Waals surface area (Å²) in [5, 5.41) is 0. The van der Waals surface area contributed by atoms with E-state index >= 15 is 0 Å². The van der Waals surface area contributed by atoms with Gasteiger partial charge in [-0.1, -0.05) is 6.07 Å². The molecular formula is C18H27N3O. The monoisotopic (exact) mass is 301 g/mol. The van der Waals surface area contributed by atoms with Crippen molar-refractivity contribution < 1.29 is 4.74 Å². The first-order chi connectivity index (χ1) is 10.9. The second-order valence-electron chi connectivity index (χ2n) is 7.05. The number of likely N-dealkylation sites (tertiary alicyclic amines) is 2. The van der Waals surface area contributed by atoms with Crippen LogP contribution in [0.1, 0.15) is 31.4 Å². The summed E-state index contributed by atoms with van der Waals surface area (Å²) in [6.07, 6.45) is 7.09. The zero-order valence-electron chi connectivity index (χ0n) is 13.4. The molecule has 120 valence electrons. The van der Waals surface area contributed by atoms with E-state index in [9.17, 15) is 0 Å². The SMILES string of the molecule is c1ccc(CN2CCC3[C@@H]2CCN3CC2CCOCC2)nc1. The summed E-state index contributed by atoms with van der Waals surface area (Å²) in [6.45, 7) is 6.77. The van der Waals surface area contributed by atoms with Gasteiger partial charge in [0.05, 0.1) is 5.69 Å². The number of rotatable bonds is 4. The molecule has 0 aromatic carbocycles. The van der Waals surface area contributed by atoms with Crippen LogP contribution in [-0.2, 0) is 11.3 Å². The molecule has 2 atom stereocenters. The van der Waals surface area contributed by atoms with Gasteiger partial charge in [0, 0.05) is 57.7 Å². The first-order valence-electron chi connectivity index (χ1n) is 8.86. The average molecular weight is 301 g/mol. The molecule has 4 rings (SSSR count). The van der Waals surface area contributed by atoms with Crippen LogP contribution in [0.15, 0.2) is 24.4 Å². The molecule has 0 saturated carbocycles. The van der Waals surface area contributed by atoms with Crippen LogP contribution < -0.4 is 0 Å². The van der Waals surface area contributed by atoms with Crippen LogP contribution in [0.25, 0.3) is 0 Å². The van der Waals surface area contributed by atoms with E-state index in [4.69, 9.17) is 4.74 Å². The Bertz CT molecular complexity index is 474. The molecule has 4 nitrogen and oxygen atoms in total. The summed E-state index contributed by atoms with van der Waals surface area (Å²) in [5.74, 6) is 0.859. The van der Waals surface area contributed by atoms with Gasteiger partial charge < -0.3 is 4.74 Å². The summed E-state index contributed by atoms with van der Waals surface area (Å²) in [6, 6.07) is 7.79. The maximum Gasteiger partial charge on any atom is 0.0544 e. The summed E-state index contributed by atoms with van der Waals surface area (Å²) in [7, 11) is 0. The zero-order chi connectivity index (χ0) is 14.8. The number of hydrogen-bond donors (Lipinski definition) is 0. The Balaban J connectivity index is 1.35. The lowest BCUT2D eigenvalue weighted by Gasteiger charge is -2.30. The number of ether oxygens (including phenoxy) is 1. The van der Waals surface area contributed by atoms with Crippen LogP contribution in [0.4, 0.5) is 0 Å². The van der Waals surface area contributed by atoms with Crippen molar-refractivity contribution in [1.29, 1.82) is 0 Å². The Morgan fingerprint density at radius 1 is 1.00 bits per heavy atom. The minimum Gasteiger partial charge on any atom is -0.381 e. The van der Waals surface area contributed by atoms with Crippen LogP contribution in [0.3, 0.4) is 0 Å². The van der Waals surface area contributed by atoms with E-state index in [1.807, 2.05) is 12.3 Å². The van der Waals surface area contributed by atoms with Crippen molar-refractivity contribution >= 4 is 0 Å². The molecule has 0 bridgehead atoms. The van der Waals surface area contributed by atoms with Crippen LogP contribution in [0, 0.1) is 5.92 Å². The Labute approximate surface area is 133 Å². The lowest BCUT2D eigenvalue weighted by atomic mass is 9.99. The van der Waals surface area contributed by atoms with Crippen molar-refractivity contribution in [2.24, 2.45) is 5.92 Å². The molecule has 0 spiro atoms. The van der Waals surface area contributed by atoms with Crippen molar-refractivity contribution in [1.82, 2.24) is 14.8 Å². The molecule has 0 radical (unpaired) electrons. The number of pyridine rings is 1. The Morgan fingerprint density at radius 3 is 2.55 bits per heavy atom. The molecule has 1 aromatic heterocycles. The third-order valence-electron chi connectivity index (χ3n) is 5.73. The molecule has 3 fully saturated rings. The van der Waals surface area contributed by atoms with Crippen molar-refractivity contribution in [2.75, 3.05) is 32.8 Å². The van der Waals surface area contributed by atoms with Crippen molar-refractivity contribution in [3.63, 3.8) is 0 Å². The van der Waals surface area contributed by atoms with Crippen LogP contribution in [-0.4, -0.2) is 59.7 Å². The van der Waals surface area contributed by atoms with Crippen LogP contribution in [0.5, 0.6) is 0 Å². The molecule has 22 heavy (non-hydrogen) atoms. The second kappa shape index (κ2) is 6.65. The minimum atomic E-state index is 0.752. The van der Waals surface area contributed by atoms with Gasteiger partial charge in [-0.2, -0.15) is 0 Å². The normalized spacial score (nSPS) is 30.7. The predicted octanol–water partition coefficient (Wildman–Crippen LogP) is 2.16. The van der Waals surface area contributed by atoms with Gasteiger partial charge in [0.15, 0.2) is 0 Å². The Hall–Kier alpha value is -0.970. The molecule has 1 unspecified atom stereocenters. The second-order valence-corrected chi connectivity index (χ2v) is 7.05. The van der Waals surface area contributed by atoms with E-state index in [0.29, 0.717) is 0 Å². The van der Waals surface area contributed by atoms with E-state index in [-0.39, 0.29) is 0 Å². The Morgan fingerprint density at radius 2 is 1.77 bits per heavy atom. The van der Waals surface area contributed by atoms with Crippen molar-refractivity contribution in [3.8, 4) is 0 Å². The standard InChI is InChI=1S/C18H27N3O/c1-2-8-19-16(3-1)14-21-10-5-17-18(21)4-9-20(17)13-15-6-11-22-12-7-15/h1-3,8,15,17-18H,4-7,9-14H2/t17?,18-/m0/s1. The number of aromatic nitrogens is 1. The largest absolute Gasteiger partial charge is 0.381 e. The zero-order valence-corrected chi connectivity index (χ0v) is 13.4.